The van der Waals surface area contributed by atoms with Crippen LogP contribution in [-0.4, -0.2) is 27.0 Å². The molecular weight excluding hydrogens is 432 g/mol. The summed E-state index contributed by atoms with van der Waals surface area (Å²) < 4.78 is 46.9. The molecule has 1 aromatic carbocycles. The lowest BCUT2D eigenvalue weighted by Crippen LogP contribution is -2.32. The summed E-state index contributed by atoms with van der Waals surface area (Å²) in [5.41, 5.74) is -0.430. The first-order valence-corrected chi connectivity index (χ1v) is 10.6. The van der Waals surface area contributed by atoms with Gasteiger partial charge >= 0.3 is 0 Å². The van der Waals surface area contributed by atoms with E-state index in [0.717, 1.165) is 12.1 Å². The molecule has 1 aliphatic rings. The number of pyridine rings is 1. The van der Waals surface area contributed by atoms with Crippen LogP contribution in [0.2, 0.25) is 10.0 Å². The van der Waals surface area contributed by atoms with Gasteiger partial charge in [-0.05, 0) is 25.8 Å². The molecule has 150 valence electrons. The summed E-state index contributed by atoms with van der Waals surface area (Å²) in [6.07, 6.45) is 2.52. The Balaban J connectivity index is 1.80. The standard InChI is InChI=1S/C17H16Cl2FN3O4S/c1-2-26-17-13(19)5-9(8-22-17)27-15-7-14(20)11(6-12(15)18)16(24)23-28(21,25)10-3-4-10/h5-8,10H,2-4H2,1H3,(H2,21,23,24,25). The lowest BCUT2D eigenvalue weighted by Gasteiger charge is -2.12. The van der Waals surface area contributed by atoms with E-state index in [2.05, 4.69) is 9.71 Å². The van der Waals surface area contributed by atoms with E-state index in [9.17, 15) is 13.4 Å². The third-order valence-electron chi connectivity index (χ3n) is 3.80. The van der Waals surface area contributed by atoms with Crippen LogP contribution in [0.25, 0.3) is 0 Å². The number of nitrogens with one attached hydrogen (secondary N) is 2. The zero-order chi connectivity index (χ0) is 20.5. The Morgan fingerprint density at radius 2 is 2.07 bits per heavy atom. The summed E-state index contributed by atoms with van der Waals surface area (Å²) in [5.74, 6) is -1.55. The predicted octanol–water partition coefficient (Wildman–Crippen LogP) is 4.57. The zero-order valence-electron chi connectivity index (χ0n) is 14.6. The first kappa shape index (κ1) is 20.6. The van der Waals surface area contributed by atoms with Crippen LogP contribution in [0, 0.1) is 10.6 Å². The number of carbonyl (C=O) groups is 1. The van der Waals surface area contributed by atoms with Gasteiger partial charge in [0.15, 0.2) is 0 Å². The molecule has 7 nitrogen and oxygen atoms in total. The average molecular weight is 448 g/mol. The van der Waals surface area contributed by atoms with Crippen LogP contribution in [0.4, 0.5) is 4.39 Å². The highest BCUT2D eigenvalue weighted by Crippen LogP contribution is 2.34. The van der Waals surface area contributed by atoms with Crippen LogP contribution >= 0.6 is 23.2 Å². The molecule has 0 spiro atoms. The fourth-order valence-corrected chi connectivity index (χ4v) is 4.06. The van der Waals surface area contributed by atoms with Crippen molar-refractivity contribution in [3.63, 3.8) is 0 Å². The number of carbonyl (C=O) groups excluding carboxylic acids is 1. The van der Waals surface area contributed by atoms with Crippen LogP contribution < -0.4 is 14.2 Å². The Hall–Kier alpha value is -2.10. The van der Waals surface area contributed by atoms with Crippen molar-refractivity contribution >= 4 is 39.0 Å². The summed E-state index contributed by atoms with van der Waals surface area (Å²) in [5, 5.41) is -0.244. The number of amides is 1. The minimum atomic E-state index is -3.31. The molecular formula is C17H16Cl2FN3O4S. The van der Waals surface area contributed by atoms with E-state index in [0.29, 0.717) is 19.4 Å². The molecule has 0 aliphatic heterocycles. The Bertz CT molecular complexity index is 1030. The van der Waals surface area contributed by atoms with Crippen molar-refractivity contribution in [1.29, 1.82) is 4.78 Å². The second-order valence-electron chi connectivity index (χ2n) is 5.99. The maximum absolute atomic E-state index is 14.4. The van der Waals surface area contributed by atoms with Gasteiger partial charge in [-0.25, -0.2) is 18.4 Å². The van der Waals surface area contributed by atoms with E-state index in [-0.39, 0.29) is 27.4 Å². The summed E-state index contributed by atoms with van der Waals surface area (Å²) in [6, 6.07) is 3.40. The van der Waals surface area contributed by atoms with Crippen molar-refractivity contribution in [2.45, 2.75) is 25.0 Å². The minimum Gasteiger partial charge on any atom is -0.477 e. The number of hydrogen-bond donors (Lipinski definition) is 2. The van der Waals surface area contributed by atoms with Crippen molar-refractivity contribution in [2.24, 2.45) is 0 Å². The smallest absolute Gasteiger partial charge is 0.266 e. The summed E-state index contributed by atoms with van der Waals surface area (Å²) in [4.78, 5) is 16.2. The van der Waals surface area contributed by atoms with Gasteiger partial charge in [0.2, 0.25) is 5.88 Å². The van der Waals surface area contributed by atoms with Gasteiger partial charge in [0.05, 0.1) is 28.6 Å². The number of rotatable bonds is 7. The van der Waals surface area contributed by atoms with Crippen LogP contribution in [0.15, 0.2) is 24.4 Å². The highest BCUT2D eigenvalue weighted by Gasteiger charge is 2.34. The normalized spacial score (nSPS) is 15.6. The molecule has 1 amide bonds. The lowest BCUT2D eigenvalue weighted by molar-refractivity contribution is 0.0978. The Kier molecular flexibility index (Phi) is 5.97. The Labute approximate surface area is 171 Å². The van der Waals surface area contributed by atoms with Crippen molar-refractivity contribution in [1.82, 2.24) is 9.71 Å². The summed E-state index contributed by atoms with van der Waals surface area (Å²) in [7, 11) is -3.31. The van der Waals surface area contributed by atoms with Gasteiger partial charge in [0, 0.05) is 12.1 Å². The fraction of sp³-hybridized carbons (Fsp3) is 0.294. The SMILES string of the molecule is CCOc1ncc(Oc2cc(F)c(C(=O)NS(=N)(=O)C3CC3)cc2Cl)cc1Cl. The van der Waals surface area contributed by atoms with Gasteiger partial charge in [-0.2, -0.15) is 0 Å². The highest BCUT2D eigenvalue weighted by atomic mass is 35.5. The number of hydrogen-bond acceptors (Lipinski definition) is 6. The number of ether oxygens (including phenoxy) is 2. The molecule has 1 aromatic heterocycles. The molecule has 1 saturated carbocycles. The summed E-state index contributed by atoms with van der Waals surface area (Å²) in [6.45, 7) is 2.17. The molecule has 28 heavy (non-hydrogen) atoms. The van der Waals surface area contributed by atoms with Crippen molar-refractivity contribution in [2.75, 3.05) is 6.61 Å². The van der Waals surface area contributed by atoms with Gasteiger partial charge in [-0.1, -0.05) is 23.2 Å². The van der Waals surface area contributed by atoms with Crippen LogP contribution in [0.3, 0.4) is 0 Å². The highest BCUT2D eigenvalue weighted by molar-refractivity contribution is 7.92. The second kappa shape index (κ2) is 8.10. The van der Waals surface area contributed by atoms with Crippen molar-refractivity contribution in [3.05, 3.63) is 45.8 Å². The van der Waals surface area contributed by atoms with E-state index in [4.69, 9.17) is 37.5 Å². The van der Waals surface area contributed by atoms with Gasteiger partial charge in [0.1, 0.15) is 32.3 Å². The first-order chi connectivity index (χ1) is 13.2. The lowest BCUT2D eigenvalue weighted by atomic mass is 10.2. The largest absolute Gasteiger partial charge is 0.477 e. The van der Waals surface area contributed by atoms with Crippen LogP contribution in [0.5, 0.6) is 17.4 Å². The molecule has 1 fully saturated rings. The predicted molar refractivity (Wildman–Crippen MR) is 103 cm³/mol. The monoisotopic (exact) mass is 447 g/mol. The quantitative estimate of drug-likeness (QED) is 0.646. The molecule has 0 bridgehead atoms. The van der Waals surface area contributed by atoms with Gasteiger partial charge < -0.3 is 9.47 Å². The molecule has 11 heteroatoms. The molecule has 2 N–H and O–H groups in total. The van der Waals surface area contributed by atoms with E-state index < -0.39 is 32.5 Å². The minimum absolute atomic E-state index is 0.0561. The van der Waals surface area contributed by atoms with Crippen molar-refractivity contribution < 1.29 is 22.9 Å². The zero-order valence-corrected chi connectivity index (χ0v) is 17.0. The molecule has 0 radical (unpaired) electrons. The van der Waals surface area contributed by atoms with Gasteiger partial charge in [-0.3, -0.25) is 9.52 Å². The maximum Gasteiger partial charge on any atom is 0.266 e. The molecule has 1 atom stereocenters. The number of nitrogens with zero attached hydrogens (tertiary/aromatic N) is 1. The van der Waals surface area contributed by atoms with Crippen LogP contribution in [0.1, 0.15) is 30.1 Å². The van der Waals surface area contributed by atoms with Crippen LogP contribution in [-0.2, 0) is 9.92 Å². The van der Waals surface area contributed by atoms with E-state index in [1.807, 2.05) is 0 Å². The van der Waals surface area contributed by atoms with Crippen molar-refractivity contribution in [3.8, 4) is 17.4 Å². The molecule has 1 heterocycles. The molecule has 1 aliphatic carbocycles. The number of aromatic nitrogens is 1. The number of halogens is 3. The number of benzene rings is 1. The fourth-order valence-electron chi connectivity index (χ4n) is 2.29. The molecule has 3 rings (SSSR count). The third-order valence-corrected chi connectivity index (χ3v) is 6.26. The average Bonchev–Trinajstić information content (AvgIpc) is 3.45. The second-order valence-corrected chi connectivity index (χ2v) is 8.87. The summed E-state index contributed by atoms with van der Waals surface area (Å²) >= 11 is 12.1. The van der Waals surface area contributed by atoms with E-state index in [1.165, 1.54) is 12.3 Å². The molecule has 2 aromatic rings. The maximum atomic E-state index is 14.4. The Morgan fingerprint density at radius 1 is 1.36 bits per heavy atom. The van der Waals surface area contributed by atoms with E-state index in [1.54, 1.807) is 6.92 Å². The molecule has 1 unspecified atom stereocenters. The van der Waals surface area contributed by atoms with E-state index >= 15 is 0 Å². The van der Waals surface area contributed by atoms with Gasteiger partial charge in [-0.15, -0.1) is 0 Å². The Morgan fingerprint density at radius 3 is 2.68 bits per heavy atom. The first-order valence-electron chi connectivity index (χ1n) is 8.26. The third kappa shape index (κ3) is 4.65. The molecule has 0 saturated heterocycles. The topological polar surface area (TPSA) is 101 Å². The van der Waals surface area contributed by atoms with Gasteiger partial charge in [0.25, 0.3) is 5.91 Å².